The molecule has 0 fully saturated rings. The number of hydrogen-bond donors (Lipinski definition) is 3. The molecule has 0 aromatic heterocycles. The molecule has 2 atom stereocenters. The fourth-order valence-electron chi connectivity index (χ4n) is 7.90. The molecule has 0 rings (SSSR count). The first kappa shape index (κ1) is 63.8. The van der Waals surface area contributed by atoms with Gasteiger partial charge in [-0.1, -0.05) is 264 Å². The first-order valence-electron chi connectivity index (χ1n) is 28.2. The molecule has 0 aromatic carbocycles. The van der Waals surface area contributed by atoms with Gasteiger partial charge >= 0.3 is 0 Å². The molecule has 4 nitrogen and oxygen atoms in total. The molecule has 0 saturated heterocycles. The van der Waals surface area contributed by atoms with E-state index in [-0.39, 0.29) is 12.5 Å². The maximum atomic E-state index is 12.5. The van der Waals surface area contributed by atoms with E-state index in [0.29, 0.717) is 6.42 Å². The summed E-state index contributed by atoms with van der Waals surface area (Å²) in [6, 6.07) is -0.654. The van der Waals surface area contributed by atoms with Crippen LogP contribution in [0.4, 0.5) is 0 Å². The van der Waals surface area contributed by atoms with Crippen LogP contribution in [0.5, 0.6) is 0 Å². The maximum Gasteiger partial charge on any atom is 0.220 e. The van der Waals surface area contributed by atoms with Gasteiger partial charge in [0.25, 0.3) is 0 Å². The van der Waals surface area contributed by atoms with Crippen LogP contribution in [-0.4, -0.2) is 34.9 Å². The van der Waals surface area contributed by atoms with Crippen molar-refractivity contribution in [2.75, 3.05) is 6.61 Å². The Kier molecular flexibility index (Phi) is 54.4. The summed E-state index contributed by atoms with van der Waals surface area (Å²) < 4.78 is 0. The van der Waals surface area contributed by atoms with Gasteiger partial charge in [0.2, 0.25) is 5.91 Å². The number of hydrogen-bond acceptors (Lipinski definition) is 3. The molecule has 0 heterocycles. The Morgan fingerprint density at radius 1 is 0.373 bits per heavy atom. The molecule has 0 spiro atoms. The molecule has 0 saturated carbocycles. The van der Waals surface area contributed by atoms with Crippen LogP contribution in [0.3, 0.4) is 0 Å². The van der Waals surface area contributed by atoms with E-state index in [2.05, 4.69) is 129 Å². The first-order valence-corrected chi connectivity index (χ1v) is 28.2. The van der Waals surface area contributed by atoms with Gasteiger partial charge in [0, 0.05) is 6.42 Å². The Bertz CT molecular complexity index is 1330. The molecule has 0 bridgehead atoms. The first-order chi connectivity index (χ1) is 33.2. The number of unbranched alkanes of at least 4 members (excludes halogenated alkanes) is 25. The highest BCUT2D eigenvalue weighted by atomic mass is 16.3. The minimum Gasteiger partial charge on any atom is -0.394 e. The Balaban J connectivity index is 3.60. The molecular weight excluding hydrogens is 819 g/mol. The molecule has 0 aliphatic heterocycles. The molecule has 0 aliphatic carbocycles. The number of carbonyl (C=O) groups excluding carboxylic acids is 1. The molecule has 0 aliphatic rings. The molecule has 4 heteroatoms. The van der Waals surface area contributed by atoms with Gasteiger partial charge < -0.3 is 15.5 Å². The number of rotatable bonds is 50. The summed E-state index contributed by atoms with van der Waals surface area (Å²) in [6.45, 7) is 4.18. The minimum absolute atomic E-state index is 0.0831. The van der Waals surface area contributed by atoms with Crippen LogP contribution >= 0.6 is 0 Å². The fourth-order valence-corrected chi connectivity index (χ4v) is 7.90. The van der Waals surface area contributed by atoms with Crippen molar-refractivity contribution in [1.29, 1.82) is 0 Å². The van der Waals surface area contributed by atoms with Crippen LogP contribution in [-0.2, 0) is 4.79 Å². The van der Waals surface area contributed by atoms with Gasteiger partial charge in [-0.2, -0.15) is 0 Å². The lowest BCUT2D eigenvalue weighted by Crippen LogP contribution is -2.45. The van der Waals surface area contributed by atoms with Crippen LogP contribution in [0.2, 0.25) is 0 Å². The van der Waals surface area contributed by atoms with Crippen molar-refractivity contribution in [3.63, 3.8) is 0 Å². The van der Waals surface area contributed by atoms with E-state index in [4.69, 9.17) is 0 Å². The second-order valence-corrected chi connectivity index (χ2v) is 18.6. The summed E-state index contributed by atoms with van der Waals surface area (Å²) in [4.78, 5) is 12.5. The summed E-state index contributed by atoms with van der Waals surface area (Å²) in [6.07, 6.45) is 87.8. The normalized spacial score (nSPS) is 13.8. The van der Waals surface area contributed by atoms with Crippen LogP contribution in [0.15, 0.2) is 122 Å². The number of allylic oxidation sites excluding steroid dienone is 19. The number of aliphatic hydroxyl groups excluding tert-OH is 2. The summed E-state index contributed by atoms with van der Waals surface area (Å²) in [5, 5.41) is 23.1. The third-order valence-corrected chi connectivity index (χ3v) is 12.2. The lowest BCUT2D eigenvalue weighted by Gasteiger charge is -2.19. The zero-order valence-corrected chi connectivity index (χ0v) is 43.9. The molecule has 0 radical (unpaired) electrons. The smallest absolute Gasteiger partial charge is 0.220 e. The number of carbonyl (C=O) groups is 1. The average Bonchev–Trinajstić information content (AvgIpc) is 3.33. The predicted octanol–water partition coefficient (Wildman–Crippen LogP) is 18.9. The van der Waals surface area contributed by atoms with E-state index in [1.807, 2.05) is 6.08 Å². The number of nitrogens with one attached hydrogen (secondary N) is 1. The third kappa shape index (κ3) is 53.6. The van der Waals surface area contributed by atoms with Gasteiger partial charge in [-0.05, 0) is 103 Å². The lowest BCUT2D eigenvalue weighted by atomic mass is 10.0. The number of aliphatic hydroxyl groups is 2. The van der Waals surface area contributed by atoms with Gasteiger partial charge in [0.05, 0.1) is 18.8 Å². The van der Waals surface area contributed by atoms with Crippen molar-refractivity contribution in [2.45, 2.75) is 264 Å². The van der Waals surface area contributed by atoms with Crippen LogP contribution in [0, 0.1) is 0 Å². The van der Waals surface area contributed by atoms with Gasteiger partial charge in [0.1, 0.15) is 0 Å². The Morgan fingerprint density at radius 2 is 0.672 bits per heavy atom. The minimum atomic E-state index is -0.878. The topological polar surface area (TPSA) is 69.6 Å². The zero-order valence-electron chi connectivity index (χ0n) is 43.9. The van der Waals surface area contributed by atoms with Crippen LogP contribution < -0.4 is 5.32 Å². The van der Waals surface area contributed by atoms with Gasteiger partial charge in [0.15, 0.2) is 0 Å². The van der Waals surface area contributed by atoms with Crippen molar-refractivity contribution in [2.24, 2.45) is 0 Å². The third-order valence-electron chi connectivity index (χ3n) is 12.2. The predicted molar refractivity (Wildman–Crippen MR) is 299 cm³/mol. The van der Waals surface area contributed by atoms with Crippen LogP contribution in [0.25, 0.3) is 0 Å². The molecule has 67 heavy (non-hydrogen) atoms. The largest absolute Gasteiger partial charge is 0.394 e. The highest BCUT2D eigenvalue weighted by Gasteiger charge is 2.17. The lowest BCUT2D eigenvalue weighted by molar-refractivity contribution is -0.123. The van der Waals surface area contributed by atoms with Crippen molar-refractivity contribution in [3.8, 4) is 0 Å². The Morgan fingerprint density at radius 3 is 1.04 bits per heavy atom. The summed E-state index contributed by atoms with van der Waals surface area (Å²) in [7, 11) is 0. The quantitative estimate of drug-likeness (QED) is 0.0421. The Hall–Kier alpha value is -3.21. The summed E-state index contributed by atoms with van der Waals surface area (Å²) in [5.74, 6) is -0.0831. The molecule has 3 N–H and O–H groups in total. The SMILES string of the molecule is CC/C=C\C/C=C\C/C=C\C/C=C\C/C=C\C/C=C\C/C=C\CCCCCCCCCCCCCCCC(=O)NC(CO)C(O)/C=C/CC/C=C/CC/C=C/CCCCCCCCCCCC. The van der Waals surface area contributed by atoms with E-state index < -0.39 is 12.1 Å². The maximum absolute atomic E-state index is 12.5. The van der Waals surface area contributed by atoms with Crippen molar-refractivity contribution in [1.82, 2.24) is 5.32 Å². The fraction of sp³-hybridized carbons (Fsp3) is 0.667. The van der Waals surface area contributed by atoms with E-state index in [9.17, 15) is 15.0 Å². The number of amides is 1. The average molecular weight is 927 g/mol. The molecule has 382 valence electrons. The standard InChI is InChI=1S/C63H107NO3/c1-3-5-7-9-11-13-15-17-19-21-23-25-26-27-28-29-30-31-32-33-34-35-36-37-38-39-41-43-45-47-49-51-53-55-57-59-63(67)64-61(60-65)62(66)58-56-54-52-50-48-46-44-42-40-24-22-20-18-16-14-12-10-8-6-4-2/h5,7,11,13,17,19,23,25,27-28,30-31,33-34,40,42,48,50,56,58,61-62,65-66H,3-4,6,8-10,12,14-16,18,20-22,24,26,29,32,35-39,41,43-47,49,51-55,57,59-60H2,1-2H3,(H,64,67)/b7-5-,13-11-,19-17-,25-23-,28-27-,31-30-,34-33-,42-40+,50-48+,58-56+. The highest BCUT2D eigenvalue weighted by molar-refractivity contribution is 5.76. The molecule has 2 unspecified atom stereocenters. The molecular formula is C63H107NO3. The highest BCUT2D eigenvalue weighted by Crippen LogP contribution is 2.15. The van der Waals surface area contributed by atoms with Crippen molar-refractivity contribution in [3.05, 3.63) is 122 Å². The summed E-state index contributed by atoms with van der Waals surface area (Å²) >= 11 is 0. The van der Waals surface area contributed by atoms with Gasteiger partial charge in [-0.15, -0.1) is 0 Å². The van der Waals surface area contributed by atoms with E-state index in [1.165, 1.54) is 148 Å². The van der Waals surface area contributed by atoms with Crippen molar-refractivity contribution < 1.29 is 15.0 Å². The second-order valence-electron chi connectivity index (χ2n) is 18.6. The Labute approximate surface area is 416 Å². The molecule has 1 amide bonds. The molecule has 0 aromatic rings. The van der Waals surface area contributed by atoms with E-state index >= 15 is 0 Å². The second kappa shape index (κ2) is 57.1. The van der Waals surface area contributed by atoms with Gasteiger partial charge in [-0.25, -0.2) is 0 Å². The van der Waals surface area contributed by atoms with Gasteiger partial charge in [-0.3, -0.25) is 4.79 Å². The van der Waals surface area contributed by atoms with Crippen molar-refractivity contribution >= 4 is 5.91 Å². The van der Waals surface area contributed by atoms with E-state index in [1.54, 1.807) is 6.08 Å². The van der Waals surface area contributed by atoms with Crippen LogP contribution in [0.1, 0.15) is 251 Å². The zero-order chi connectivity index (χ0) is 48.5. The van der Waals surface area contributed by atoms with E-state index in [0.717, 1.165) is 83.5 Å². The monoisotopic (exact) mass is 926 g/mol. The summed E-state index contributed by atoms with van der Waals surface area (Å²) in [5.41, 5.74) is 0.